The van der Waals surface area contributed by atoms with E-state index >= 15 is 0 Å². The second kappa shape index (κ2) is 11.3. The molecule has 176 valence electrons. The fraction of sp³-hybridized carbons (Fsp3) is 0.400. The van der Waals surface area contributed by atoms with Gasteiger partial charge in [0.25, 0.3) is 5.56 Å². The van der Waals surface area contributed by atoms with Crippen LogP contribution in [0.4, 0.5) is 0 Å². The predicted octanol–water partition coefficient (Wildman–Crippen LogP) is 3.63. The Kier molecular flexibility index (Phi) is 8.47. The van der Waals surface area contributed by atoms with Gasteiger partial charge in [-0.05, 0) is 55.3 Å². The molecule has 0 atom stereocenters. The minimum Gasteiger partial charge on any atom is -0.446 e. The number of hydrogen-bond donors (Lipinski definition) is 2. The maximum absolute atomic E-state index is 13.0. The van der Waals surface area contributed by atoms with Crippen molar-refractivity contribution < 1.29 is 9.21 Å². The molecule has 8 heteroatoms. The molecule has 3 aromatic rings. The minimum absolute atomic E-state index is 0.0245. The molecule has 0 aliphatic carbocycles. The number of benzene rings is 1. The normalized spacial score (nSPS) is 11.1. The Hall–Kier alpha value is -2.90. The average Bonchev–Trinajstić information content (AvgIpc) is 3.10. The molecule has 0 radical (unpaired) electrons. The zero-order valence-electron chi connectivity index (χ0n) is 19.6. The minimum atomic E-state index is -0.203. The Morgan fingerprint density at radius 1 is 1.15 bits per heavy atom. The highest BCUT2D eigenvalue weighted by Crippen LogP contribution is 2.16. The summed E-state index contributed by atoms with van der Waals surface area (Å²) >= 11 is 6.15. The van der Waals surface area contributed by atoms with Gasteiger partial charge in [0.05, 0.1) is 12.1 Å². The predicted molar refractivity (Wildman–Crippen MR) is 130 cm³/mol. The van der Waals surface area contributed by atoms with Crippen molar-refractivity contribution in [1.29, 1.82) is 0 Å². The summed E-state index contributed by atoms with van der Waals surface area (Å²) in [5.41, 5.74) is 4.03. The Labute approximate surface area is 199 Å². The Balaban J connectivity index is 1.67. The largest absolute Gasteiger partial charge is 0.446 e. The quantitative estimate of drug-likeness (QED) is 0.472. The standard InChI is InChI=1S/C25H31ClN4O3/c1-5-27-14-19-6-7-21(26)12-20(19)15-28-24(31)13-22-16(2)8-10-30(25(22)32)11-9-23-17(3)33-18(4)29-23/h6-8,10,12,27H,5,9,11,13-15H2,1-4H3,(H,28,31). The molecule has 0 aliphatic heterocycles. The number of amides is 1. The third kappa shape index (κ3) is 6.55. The molecule has 0 fully saturated rings. The molecule has 1 amide bonds. The maximum Gasteiger partial charge on any atom is 0.254 e. The number of aromatic nitrogens is 2. The Morgan fingerprint density at radius 3 is 2.64 bits per heavy atom. The van der Waals surface area contributed by atoms with Gasteiger partial charge in [0, 0.05) is 49.8 Å². The van der Waals surface area contributed by atoms with E-state index in [1.54, 1.807) is 17.7 Å². The molecule has 0 bridgehead atoms. The van der Waals surface area contributed by atoms with E-state index < -0.39 is 0 Å². The van der Waals surface area contributed by atoms with Crippen LogP contribution in [0, 0.1) is 20.8 Å². The second-order valence-corrected chi connectivity index (χ2v) is 8.54. The van der Waals surface area contributed by atoms with Crippen LogP contribution in [-0.4, -0.2) is 22.0 Å². The lowest BCUT2D eigenvalue weighted by molar-refractivity contribution is -0.120. The highest BCUT2D eigenvalue weighted by atomic mass is 35.5. The van der Waals surface area contributed by atoms with E-state index in [1.165, 1.54) is 0 Å². The van der Waals surface area contributed by atoms with Gasteiger partial charge in [-0.1, -0.05) is 24.6 Å². The fourth-order valence-corrected chi connectivity index (χ4v) is 3.94. The van der Waals surface area contributed by atoms with Crippen molar-refractivity contribution in [1.82, 2.24) is 20.2 Å². The monoisotopic (exact) mass is 470 g/mol. The van der Waals surface area contributed by atoms with Gasteiger partial charge in [-0.25, -0.2) is 4.98 Å². The lowest BCUT2D eigenvalue weighted by Crippen LogP contribution is -2.31. The van der Waals surface area contributed by atoms with Crippen LogP contribution in [0.15, 0.2) is 39.7 Å². The molecule has 0 saturated carbocycles. The van der Waals surface area contributed by atoms with Crippen molar-refractivity contribution in [3.63, 3.8) is 0 Å². The molecule has 3 rings (SSSR count). The average molecular weight is 471 g/mol. The van der Waals surface area contributed by atoms with Gasteiger partial charge in [0.2, 0.25) is 5.91 Å². The molecule has 0 spiro atoms. The summed E-state index contributed by atoms with van der Waals surface area (Å²) in [7, 11) is 0. The van der Waals surface area contributed by atoms with Crippen LogP contribution in [0.2, 0.25) is 5.02 Å². The van der Waals surface area contributed by atoms with E-state index in [0.717, 1.165) is 34.7 Å². The number of carbonyl (C=O) groups is 1. The summed E-state index contributed by atoms with van der Waals surface area (Å²) in [5, 5.41) is 6.85. The summed E-state index contributed by atoms with van der Waals surface area (Å²) in [6.07, 6.45) is 2.37. The third-order valence-corrected chi connectivity index (χ3v) is 5.87. The number of pyridine rings is 1. The molecule has 2 aromatic heterocycles. The Morgan fingerprint density at radius 2 is 1.94 bits per heavy atom. The highest BCUT2D eigenvalue weighted by molar-refractivity contribution is 6.30. The molecule has 7 nitrogen and oxygen atoms in total. The van der Waals surface area contributed by atoms with Crippen LogP contribution in [0.25, 0.3) is 0 Å². The molecular weight excluding hydrogens is 440 g/mol. The molecule has 2 heterocycles. The topological polar surface area (TPSA) is 89.2 Å². The summed E-state index contributed by atoms with van der Waals surface area (Å²) in [4.78, 5) is 30.1. The first kappa shape index (κ1) is 24.7. The van der Waals surface area contributed by atoms with Crippen LogP contribution < -0.4 is 16.2 Å². The van der Waals surface area contributed by atoms with E-state index in [9.17, 15) is 9.59 Å². The summed E-state index contributed by atoms with van der Waals surface area (Å²) in [6, 6.07) is 7.54. The first-order chi connectivity index (χ1) is 15.8. The van der Waals surface area contributed by atoms with Gasteiger partial charge < -0.3 is 19.6 Å². The molecule has 0 unspecified atom stereocenters. The fourth-order valence-electron chi connectivity index (χ4n) is 3.74. The number of carbonyl (C=O) groups excluding carboxylic acids is 1. The molecule has 0 aliphatic rings. The van der Waals surface area contributed by atoms with Crippen LogP contribution >= 0.6 is 11.6 Å². The van der Waals surface area contributed by atoms with Crippen molar-refractivity contribution in [2.24, 2.45) is 0 Å². The van der Waals surface area contributed by atoms with Crippen molar-refractivity contribution >= 4 is 17.5 Å². The van der Waals surface area contributed by atoms with E-state index in [4.69, 9.17) is 16.0 Å². The Bertz CT molecular complexity index is 1180. The van der Waals surface area contributed by atoms with Crippen LogP contribution in [0.3, 0.4) is 0 Å². The van der Waals surface area contributed by atoms with Gasteiger partial charge in [0.15, 0.2) is 5.89 Å². The zero-order valence-corrected chi connectivity index (χ0v) is 20.4. The van der Waals surface area contributed by atoms with E-state index in [1.807, 2.05) is 45.0 Å². The third-order valence-electron chi connectivity index (χ3n) is 5.64. The van der Waals surface area contributed by atoms with Crippen molar-refractivity contribution in [3.05, 3.63) is 85.4 Å². The number of nitrogens with one attached hydrogen (secondary N) is 2. The molecule has 2 N–H and O–H groups in total. The van der Waals surface area contributed by atoms with Gasteiger partial charge in [-0.3, -0.25) is 9.59 Å². The summed E-state index contributed by atoms with van der Waals surface area (Å²) in [6.45, 7) is 9.94. The number of oxazole rings is 1. The van der Waals surface area contributed by atoms with Crippen LogP contribution in [0.5, 0.6) is 0 Å². The number of rotatable bonds is 10. The molecule has 33 heavy (non-hydrogen) atoms. The number of hydrogen-bond acceptors (Lipinski definition) is 5. The van der Waals surface area contributed by atoms with Crippen molar-refractivity contribution in [3.8, 4) is 0 Å². The lowest BCUT2D eigenvalue weighted by atomic mass is 10.1. The number of nitrogens with zero attached hydrogens (tertiary/aromatic N) is 2. The van der Waals surface area contributed by atoms with Gasteiger partial charge in [-0.15, -0.1) is 0 Å². The number of aryl methyl sites for hydroxylation is 5. The first-order valence-corrected chi connectivity index (χ1v) is 11.5. The van der Waals surface area contributed by atoms with Crippen LogP contribution in [-0.2, 0) is 37.3 Å². The van der Waals surface area contributed by atoms with Crippen molar-refractivity contribution in [2.45, 2.75) is 60.2 Å². The zero-order chi connectivity index (χ0) is 24.0. The molecule has 0 saturated heterocycles. The molecule has 1 aromatic carbocycles. The smallest absolute Gasteiger partial charge is 0.254 e. The van der Waals surface area contributed by atoms with Crippen molar-refractivity contribution in [2.75, 3.05) is 6.54 Å². The second-order valence-electron chi connectivity index (χ2n) is 8.11. The highest BCUT2D eigenvalue weighted by Gasteiger charge is 2.14. The van der Waals surface area contributed by atoms with Crippen LogP contribution in [0.1, 0.15) is 46.5 Å². The van der Waals surface area contributed by atoms with Gasteiger partial charge in [0.1, 0.15) is 5.76 Å². The molecular formula is C25H31ClN4O3. The summed E-state index contributed by atoms with van der Waals surface area (Å²) < 4.78 is 7.10. The van der Waals surface area contributed by atoms with E-state index in [0.29, 0.717) is 42.5 Å². The SMILES string of the molecule is CCNCc1ccc(Cl)cc1CNC(=O)Cc1c(C)ccn(CCc2nc(C)oc2C)c1=O. The summed E-state index contributed by atoms with van der Waals surface area (Å²) in [5.74, 6) is 1.18. The van der Waals surface area contributed by atoms with Gasteiger partial charge >= 0.3 is 0 Å². The lowest BCUT2D eigenvalue weighted by Gasteiger charge is -2.13. The first-order valence-electron chi connectivity index (χ1n) is 11.1. The number of halogens is 1. The van der Waals surface area contributed by atoms with E-state index in [-0.39, 0.29) is 17.9 Å². The van der Waals surface area contributed by atoms with E-state index in [2.05, 4.69) is 15.6 Å². The maximum atomic E-state index is 13.0. The van der Waals surface area contributed by atoms with Gasteiger partial charge in [-0.2, -0.15) is 0 Å².